The van der Waals surface area contributed by atoms with Crippen molar-refractivity contribution in [3.8, 4) is 0 Å². The quantitative estimate of drug-likeness (QED) is 0.517. The van der Waals surface area contributed by atoms with Crippen LogP contribution in [-0.2, 0) is 9.53 Å². The van der Waals surface area contributed by atoms with Crippen LogP contribution < -0.4 is 11.1 Å². The zero-order valence-electron chi connectivity index (χ0n) is 10.6. The Morgan fingerprint density at radius 3 is 2.76 bits per heavy atom. The first kappa shape index (κ1) is 13.8. The van der Waals surface area contributed by atoms with E-state index in [1.807, 2.05) is 6.92 Å². The number of guanidine groups is 1. The molecule has 0 bridgehead atoms. The summed E-state index contributed by atoms with van der Waals surface area (Å²) in [5, 5.41) is 2.91. The van der Waals surface area contributed by atoms with Gasteiger partial charge < -0.3 is 20.7 Å². The maximum absolute atomic E-state index is 12.0. The SMILES string of the molecule is CCCN=C(N)NC(C)C(=O)N1CCOCC1. The Hall–Kier alpha value is -1.30. The van der Waals surface area contributed by atoms with E-state index in [0.29, 0.717) is 38.8 Å². The fraction of sp³-hybridized carbons (Fsp3) is 0.818. The van der Waals surface area contributed by atoms with Gasteiger partial charge in [-0.25, -0.2) is 0 Å². The Kier molecular flexibility index (Phi) is 5.76. The molecule has 0 aromatic rings. The third-order valence-corrected chi connectivity index (χ3v) is 2.56. The van der Waals surface area contributed by atoms with Crippen LogP contribution >= 0.6 is 0 Å². The number of nitrogens with two attached hydrogens (primary N) is 1. The molecule has 0 spiro atoms. The summed E-state index contributed by atoms with van der Waals surface area (Å²) in [6.07, 6.45) is 0.939. The summed E-state index contributed by atoms with van der Waals surface area (Å²) >= 11 is 0. The number of aliphatic imine (C=N–C) groups is 1. The minimum absolute atomic E-state index is 0.0444. The van der Waals surface area contributed by atoms with Crippen molar-refractivity contribution in [2.75, 3.05) is 32.8 Å². The van der Waals surface area contributed by atoms with E-state index in [0.717, 1.165) is 6.42 Å². The van der Waals surface area contributed by atoms with Crippen molar-refractivity contribution < 1.29 is 9.53 Å². The molecule has 98 valence electrons. The van der Waals surface area contributed by atoms with Crippen LogP contribution in [0, 0.1) is 0 Å². The molecule has 6 heteroatoms. The number of amides is 1. The predicted octanol–water partition coefficient (Wildman–Crippen LogP) is -0.452. The molecule has 1 amide bonds. The highest BCUT2D eigenvalue weighted by Crippen LogP contribution is 2.00. The van der Waals surface area contributed by atoms with E-state index >= 15 is 0 Å². The summed E-state index contributed by atoms with van der Waals surface area (Å²) in [4.78, 5) is 17.9. The topological polar surface area (TPSA) is 79.9 Å². The fourth-order valence-electron chi connectivity index (χ4n) is 1.62. The van der Waals surface area contributed by atoms with Crippen molar-refractivity contribution in [3.63, 3.8) is 0 Å². The first-order chi connectivity index (χ1) is 8.15. The summed E-state index contributed by atoms with van der Waals surface area (Å²) in [6, 6.07) is -0.339. The largest absolute Gasteiger partial charge is 0.378 e. The molecular weight excluding hydrogens is 220 g/mol. The summed E-state index contributed by atoms with van der Waals surface area (Å²) in [6.45, 7) is 7.02. The molecule has 1 aliphatic rings. The zero-order valence-corrected chi connectivity index (χ0v) is 10.6. The second-order valence-electron chi connectivity index (χ2n) is 4.07. The standard InChI is InChI=1S/C11H22N4O2/c1-3-4-13-11(12)14-9(2)10(16)15-5-7-17-8-6-15/h9H,3-8H2,1-2H3,(H3,12,13,14). The van der Waals surface area contributed by atoms with Crippen LogP contribution in [0.15, 0.2) is 4.99 Å². The van der Waals surface area contributed by atoms with Gasteiger partial charge in [-0.2, -0.15) is 0 Å². The monoisotopic (exact) mass is 242 g/mol. The fourth-order valence-corrected chi connectivity index (χ4v) is 1.62. The maximum atomic E-state index is 12.0. The first-order valence-electron chi connectivity index (χ1n) is 6.08. The average molecular weight is 242 g/mol. The molecule has 17 heavy (non-hydrogen) atoms. The van der Waals surface area contributed by atoms with Gasteiger partial charge >= 0.3 is 0 Å². The molecule has 6 nitrogen and oxygen atoms in total. The van der Waals surface area contributed by atoms with Crippen LogP contribution in [0.25, 0.3) is 0 Å². The number of morpholine rings is 1. The smallest absolute Gasteiger partial charge is 0.245 e. The predicted molar refractivity (Wildman–Crippen MR) is 66.8 cm³/mol. The lowest BCUT2D eigenvalue weighted by Crippen LogP contribution is -2.52. The highest BCUT2D eigenvalue weighted by molar-refractivity contribution is 5.88. The van der Waals surface area contributed by atoms with Gasteiger partial charge in [0.05, 0.1) is 13.2 Å². The van der Waals surface area contributed by atoms with Crippen LogP contribution in [-0.4, -0.2) is 55.7 Å². The number of ether oxygens (including phenoxy) is 1. The van der Waals surface area contributed by atoms with Gasteiger partial charge in [-0.1, -0.05) is 6.92 Å². The van der Waals surface area contributed by atoms with Gasteiger partial charge in [0.2, 0.25) is 5.91 Å². The van der Waals surface area contributed by atoms with Crippen molar-refractivity contribution in [2.45, 2.75) is 26.3 Å². The Bertz CT molecular complexity index is 275. The number of carbonyl (C=O) groups is 1. The maximum Gasteiger partial charge on any atom is 0.245 e. The number of nitrogens with zero attached hydrogens (tertiary/aromatic N) is 2. The Morgan fingerprint density at radius 1 is 1.53 bits per heavy atom. The Morgan fingerprint density at radius 2 is 2.18 bits per heavy atom. The molecule has 0 aromatic heterocycles. The highest BCUT2D eigenvalue weighted by atomic mass is 16.5. The summed E-state index contributed by atoms with van der Waals surface area (Å²) < 4.78 is 5.20. The van der Waals surface area contributed by atoms with E-state index in [9.17, 15) is 4.79 Å². The van der Waals surface area contributed by atoms with Gasteiger partial charge in [-0.15, -0.1) is 0 Å². The van der Waals surface area contributed by atoms with Crippen LogP contribution in [0.5, 0.6) is 0 Å². The normalized spacial score (nSPS) is 18.9. The summed E-state index contributed by atoms with van der Waals surface area (Å²) in [5.41, 5.74) is 5.67. The lowest BCUT2D eigenvalue weighted by molar-refractivity contribution is -0.136. The van der Waals surface area contributed by atoms with Crippen molar-refractivity contribution in [3.05, 3.63) is 0 Å². The third-order valence-electron chi connectivity index (χ3n) is 2.56. The summed E-state index contributed by atoms with van der Waals surface area (Å²) in [7, 11) is 0. The van der Waals surface area contributed by atoms with Crippen molar-refractivity contribution in [2.24, 2.45) is 10.7 Å². The van der Waals surface area contributed by atoms with Crippen molar-refractivity contribution >= 4 is 11.9 Å². The Balaban J connectivity index is 2.40. The van der Waals surface area contributed by atoms with Gasteiger partial charge in [-0.05, 0) is 13.3 Å². The molecule has 0 aromatic carbocycles. The van der Waals surface area contributed by atoms with E-state index in [1.165, 1.54) is 0 Å². The molecule has 0 saturated carbocycles. The van der Waals surface area contributed by atoms with Gasteiger partial charge in [0.25, 0.3) is 0 Å². The third kappa shape index (κ3) is 4.60. The number of rotatable bonds is 4. The lowest BCUT2D eigenvalue weighted by Gasteiger charge is -2.29. The summed E-state index contributed by atoms with van der Waals surface area (Å²) in [5.74, 6) is 0.379. The van der Waals surface area contributed by atoms with E-state index in [4.69, 9.17) is 10.5 Å². The van der Waals surface area contributed by atoms with Crippen LogP contribution in [0.4, 0.5) is 0 Å². The number of hydrogen-bond donors (Lipinski definition) is 2. The van der Waals surface area contributed by atoms with Crippen molar-refractivity contribution in [1.29, 1.82) is 0 Å². The number of carbonyl (C=O) groups excluding carboxylic acids is 1. The molecule has 1 unspecified atom stereocenters. The molecule has 1 fully saturated rings. The molecular formula is C11H22N4O2. The van der Waals surface area contributed by atoms with Crippen LogP contribution in [0.3, 0.4) is 0 Å². The van der Waals surface area contributed by atoms with Crippen molar-refractivity contribution in [1.82, 2.24) is 10.2 Å². The van der Waals surface area contributed by atoms with E-state index in [2.05, 4.69) is 10.3 Å². The van der Waals surface area contributed by atoms with Gasteiger partial charge in [0.15, 0.2) is 5.96 Å². The first-order valence-corrected chi connectivity index (χ1v) is 6.08. The van der Waals surface area contributed by atoms with E-state index in [1.54, 1.807) is 11.8 Å². The molecule has 1 saturated heterocycles. The van der Waals surface area contributed by atoms with Gasteiger partial charge in [-0.3, -0.25) is 9.79 Å². The van der Waals surface area contributed by atoms with Crippen LogP contribution in [0.1, 0.15) is 20.3 Å². The zero-order chi connectivity index (χ0) is 12.7. The molecule has 1 atom stereocenters. The van der Waals surface area contributed by atoms with E-state index < -0.39 is 0 Å². The molecule has 0 aliphatic carbocycles. The molecule has 1 aliphatic heterocycles. The second kappa shape index (κ2) is 7.11. The molecule has 1 heterocycles. The van der Waals surface area contributed by atoms with E-state index in [-0.39, 0.29) is 11.9 Å². The van der Waals surface area contributed by atoms with Crippen LogP contribution in [0.2, 0.25) is 0 Å². The molecule has 0 radical (unpaired) electrons. The second-order valence-corrected chi connectivity index (χ2v) is 4.07. The minimum atomic E-state index is -0.339. The van der Waals surface area contributed by atoms with Gasteiger partial charge in [0.1, 0.15) is 6.04 Å². The molecule has 3 N–H and O–H groups in total. The number of nitrogens with one attached hydrogen (secondary N) is 1. The number of hydrogen-bond acceptors (Lipinski definition) is 3. The average Bonchev–Trinajstić information content (AvgIpc) is 2.36. The highest BCUT2D eigenvalue weighted by Gasteiger charge is 2.22. The Labute approximate surface area is 102 Å². The molecule has 1 rings (SSSR count). The van der Waals surface area contributed by atoms with Gasteiger partial charge in [0, 0.05) is 19.6 Å². The lowest BCUT2D eigenvalue weighted by atomic mass is 10.2. The minimum Gasteiger partial charge on any atom is -0.378 e.